The molecule has 2 nitrogen and oxygen atoms in total. The van der Waals surface area contributed by atoms with E-state index < -0.39 is 0 Å². The molecule has 0 aromatic heterocycles. The first-order chi connectivity index (χ1) is 6.65. The van der Waals surface area contributed by atoms with Crippen LogP contribution < -0.4 is 5.32 Å². The number of aliphatic hydroxyl groups is 1. The summed E-state index contributed by atoms with van der Waals surface area (Å²) in [5.74, 6) is -0.0220. The molecule has 1 rings (SSSR count). The molecule has 1 unspecified atom stereocenters. The second kappa shape index (κ2) is 4.96. The molecular weight excluding hydrogens is 181 g/mol. The number of halogens is 1. The standard InChI is InChI=1S/C11H16FNO/c1-8(2)11(7-14)13-10-6-4-3-5-9(10)12/h3-6,8,11,13-14H,7H2,1-2H3. The van der Waals surface area contributed by atoms with Crippen LogP contribution in [0, 0.1) is 11.7 Å². The number of hydrogen-bond acceptors (Lipinski definition) is 2. The number of anilines is 1. The molecular formula is C11H16FNO. The fraction of sp³-hybridized carbons (Fsp3) is 0.455. The Morgan fingerprint density at radius 2 is 2.00 bits per heavy atom. The lowest BCUT2D eigenvalue weighted by Crippen LogP contribution is -2.29. The van der Waals surface area contributed by atoms with Crippen LogP contribution in [-0.4, -0.2) is 17.8 Å². The van der Waals surface area contributed by atoms with Crippen LogP contribution in [0.2, 0.25) is 0 Å². The zero-order valence-electron chi connectivity index (χ0n) is 8.50. The van der Waals surface area contributed by atoms with Crippen LogP contribution >= 0.6 is 0 Å². The zero-order valence-corrected chi connectivity index (χ0v) is 8.50. The molecule has 0 heterocycles. The predicted molar refractivity (Wildman–Crippen MR) is 55.7 cm³/mol. The normalized spacial score (nSPS) is 12.9. The summed E-state index contributed by atoms with van der Waals surface area (Å²) >= 11 is 0. The van der Waals surface area contributed by atoms with Gasteiger partial charge in [0.15, 0.2) is 0 Å². The maximum atomic E-state index is 13.2. The van der Waals surface area contributed by atoms with Crippen molar-refractivity contribution in [2.24, 2.45) is 5.92 Å². The first-order valence-electron chi connectivity index (χ1n) is 4.77. The van der Waals surface area contributed by atoms with E-state index in [2.05, 4.69) is 5.32 Å². The van der Waals surface area contributed by atoms with E-state index in [4.69, 9.17) is 5.11 Å². The molecule has 0 amide bonds. The van der Waals surface area contributed by atoms with Gasteiger partial charge in [0.1, 0.15) is 5.82 Å². The molecule has 0 aliphatic rings. The van der Waals surface area contributed by atoms with Crippen molar-refractivity contribution in [1.29, 1.82) is 0 Å². The van der Waals surface area contributed by atoms with Gasteiger partial charge in [0, 0.05) is 0 Å². The Labute approximate surface area is 83.8 Å². The van der Waals surface area contributed by atoms with Crippen LogP contribution in [0.1, 0.15) is 13.8 Å². The Hall–Kier alpha value is -1.09. The molecule has 1 aromatic carbocycles. The Kier molecular flexibility index (Phi) is 3.89. The van der Waals surface area contributed by atoms with Gasteiger partial charge in [-0.2, -0.15) is 0 Å². The van der Waals surface area contributed by atoms with Gasteiger partial charge >= 0.3 is 0 Å². The van der Waals surface area contributed by atoms with Gasteiger partial charge in [-0.15, -0.1) is 0 Å². The third-order valence-corrected chi connectivity index (χ3v) is 2.22. The molecule has 0 fully saturated rings. The van der Waals surface area contributed by atoms with Crippen molar-refractivity contribution in [3.63, 3.8) is 0 Å². The second-order valence-corrected chi connectivity index (χ2v) is 3.66. The van der Waals surface area contributed by atoms with E-state index in [1.54, 1.807) is 18.2 Å². The van der Waals surface area contributed by atoms with Gasteiger partial charge in [0.2, 0.25) is 0 Å². The third-order valence-electron chi connectivity index (χ3n) is 2.22. The summed E-state index contributed by atoms with van der Waals surface area (Å²) in [5.41, 5.74) is 0.445. The minimum atomic E-state index is -0.286. The van der Waals surface area contributed by atoms with Crippen LogP contribution in [0.3, 0.4) is 0 Å². The summed E-state index contributed by atoms with van der Waals surface area (Å²) in [4.78, 5) is 0. The average molecular weight is 197 g/mol. The molecule has 2 N–H and O–H groups in total. The van der Waals surface area contributed by atoms with E-state index in [1.165, 1.54) is 6.07 Å². The van der Waals surface area contributed by atoms with E-state index in [0.717, 1.165) is 0 Å². The average Bonchev–Trinajstić information content (AvgIpc) is 2.16. The van der Waals surface area contributed by atoms with Gasteiger partial charge in [-0.05, 0) is 18.1 Å². The Morgan fingerprint density at radius 3 is 2.50 bits per heavy atom. The Bertz CT molecular complexity index is 288. The summed E-state index contributed by atoms with van der Waals surface area (Å²) in [7, 11) is 0. The molecule has 78 valence electrons. The Morgan fingerprint density at radius 1 is 1.36 bits per heavy atom. The summed E-state index contributed by atoms with van der Waals surface area (Å²) in [6, 6.07) is 6.37. The molecule has 3 heteroatoms. The fourth-order valence-corrected chi connectivity index (χ4v) is 1.20. The highest BCUT2D eigenvalue weighted by molar-refractivity contribution is 5.45. The molecule has 0 radical (unpaired) electrons. The van der Waals surface area contributed by atoms with Gasteiger partial charge in [-0.3, -0.25) is 0 Å². The quantitative estimate of drug-likeness (QED) is 0.776. The van der Waals surface area contributed by atoms with Crippen molar-refractivity contribution >= 4 is 5.69 Å². The van der Waals surface area contributed by atoms with E-state index in [0.29, 0.717) is 5.69 Å². The van der Waals surface area contributed by atoms with Crippen molar-refractivity contribution in [2.45, 2.75) is 19.9 Å². The largest absolute Gasteiger partial charge is 0.394 e. The first-order valence-corrected chi connectivity index (χ1v) is 4.77. The van der Waals surface area contributed by atoms with E-state index in [9.17, 15) is 4.39 Å². The van der Waals surface area contributed by atoms with Gasteiger partial charge in [0.05, 0.1) is 18.3 Å². The lowest BCUT2D eigenvalue weighted by molar-refractivity contribution is 0.249. The first kappa shape index (κ1) is 11.0. The highest BCUT2D eigenvalue weighted by atomic mass is 19.1. The van der Waals surface area contributed by atoms with Crippen LogP contribution in [0.25, 0.3) is 0 Å². The van der Waals surface area contributed by atoms with E-state index >= 15 is 0 Å². The number of rotatable bonds is 4. The Balaban J connectivity index is 2.72. The molecule has 0 spiro atoms. The second-order valence-electron chi connectivity index (χ2n) is 3.66. The fourth-order valence-electron chi connectivity index (χ4n) is 1.20. The lowest BCUT2D eigenvalue weighted by Gasteiger charge is -2.21. The third kappa shape index (κ3) is 2.70. The van der Waals surface area contributed by atoms with Gasteiger partial charge in [0.25, 0.3) is 0 Å². The van der Waals surface area contributed by atoms with Crippen LogP contribution in [-0.2, 0) is 0 Å². The smallest absolute Gasteiger partial charge is 0.146 e. The van der Waals surface area contributed by atoms with Crippen molar-refractivity contribution < 1.29 is 9.50 Å². The van der Waals surface area contributed by atoms with Crippen molar-refractivity contribution in [3.8, 4) is 0 Å². The van der Waals surface area contributed by atoms with Crippen molar-refractivity contribution in [1.82, 2.24) is 0 Å². The number of nitrogens with one attached hydrogen (secondary N) is 1. The minimum Gasteiger partial charge on any atom is -0.394 e. The molecule has 0 aliphatic heterocycles. The van der Waals surface area contributed by atoms with Gasteiger partial charge in [-0.25, -0.2) is 4.39 Å². The predicted octanol–water partition coefficient (Wildman–Crippen LogP) is 2.25. The molecule has 0 bridgehead atoms. The van der Waals surface area contributed by atoms with Crippen molar-refractivity contribution in [3.05, 3.63) is 30.1 Å². The molecule has 14 heavy (non-hydrogen) atoms. The molecule has 0 aliphatic carbocycles. The molecule has 1 atom stereocenters. The zero-order chi connectivity index (χ0) is 10.6. The highest BCUT2D eigenvalue weighted by Gasteiger charge is 2.12. The molecule has 0 saturated heterocycles. The summed E-state index contributed by atoms with van der Waals surface area (Å²) < 4.78 is 13.2. The monoisotopic (exact) mass is 197 g/mol. The highest BCUT2D eigenvalue weighted by Crippen LogP contribution is 2.16. The van der Waals surface area contributed by atoms with E-state index in [1.807, 2.05) is 13.8 Å². The SMILES string of the molecule is CC(C)C(CO)Nc1ccccc1F. The molecule has 0 saturated carbocycles. The van der Waals surface area contributed by atoms with Crippen LogP contribution in [0.5, 0.6) is 0 Å². The summed E-state index contributed by atoms with van der Waals surface area (Å²) in [6.07, 6.45) is 0. The van der Waals surface area contributed by atoms with E-state index in [-0.39, 0.29) is 24.4 Å². The maximum Gasteiger partial charge on any atom is 0.146 e. The minimum absolute atomic E-state index is 0.00595. The van der Waals surface area contributed by atoms with Crippen LogP contribution in [0.15, 0.2) is 24.3 Å². The van der Waals surface area contributed by atoms with Crippen molar-refractivity contribution in [2.75, 3.05) is 11.9 Å². The maximum absolute atomic E-state index is 13.2. The number of aliphatic hydroxyl groups excluding tert-OH is 1. The topological polar surface area (TPSA) is 32.3 Å². The number of benzene rings is 1. The number of hydrogen-bond donors (Lipinski definition) is 2. The molecule has 1 aromatic rings. The summed E-state index contributed by atoms with van der Waals surface area (Å²) in [5, 5.41) is 12.0. The van der Waals surface area contributed by atoms with Gasteiger partial charge < -0.3 is 10.4 Å². The summed E-state index contributed by atoms with van der Waals surface area (Å²) in [6.45, 7) is 3.97. The lowest BCUT2D eigenvalue weighted by atomic mass is 10.1. The number of para-hydroxylation sites is 1. The van der Waals surface area contributed by atoms with Crippen LogP contribution in [0.4, 0.5) is 10.1 Å². The van der Waals surface area contributed by atoms with Gasteiger partial charge in [-0.1, -0.05) is 26.0 Å².